The molecule has 1 aliphatic heterocycles. The molecule has 1 unspecified atom stereocenters. The Morgan fingerprint density at radius 1 is 1.17 bits per heavy atom. The number of aromatic nitrogens is 2. The minimum atomic E-state index is -3.58. The molecule has 3 aromatic rings. The fourth-order valence-electron chi connectivity index (χ4n) is 3.59. The van der Waals surface area contributed by atoms with E-state index in [1.165, 1.54) is 12.1 Å². The van der Waals surface area contributed by atoms with Crippen LogP contribution in [-0.4, -0.2) is 66.8 Å². The summed E-state index contributed by atoms with van der Waals surface area (Å²) in [5.74, 6) is 0.622. The molecule has 35 heavy (non-hydrogen) atoms. The van der Waals surface area contributed by atoms with Crippen LogP contribution in [0.4, 0.5) is 0 Å². The van der Waals surface area contributed by atoms with Crippen molar-refractivity contribution in [3.8, 4) is 11.5 Å². The number of rotatable bonds is 11. The van der Waals surface area contributed by atoms with E-state index in [-0.39, 0.29) is 18.3 Å². The molecule has 2 heterocycles. The van der Waals surface area contributed by atoms with Gasteiger partial charge in [0, 0.05) is 38.0 Å². The van der Waals surface area contributed by atoms with Gasteiger partial charge in [-0.15, -0.1) is 0 Å². The molecule has 0 radical (unpaired) electrons. The highest BCUT2D eigenvalue weighted by Crippen LogP contribution is 2.19. The molecule has 0 spiro atoms. The highest BCUT2D eigenvalue weighted by Gasteiger charge is 2.14. The molecule has 1 aliphatic rings. The number of hydrazone groups is 1. The van der Waals surface area contributed by atoms with Crippen LogP contribution in [0, 0.1) is 0 Å². The quantitative estimate of drug-likeness (QED) is 0.261. The number of nitrogens with one attached hydrogen (secondary N) is 2. The summed E-state index contributed by atoms with van der Waals surface area (Å²) in [6.07, 6.45) is 3.07. The maximum absolute atomic E-state index is 11.3. The number of imidazole rings is 1. The van der Waals surface area contributed by atoms with Crippen LogP contribution in [0.5, 0.6) is 11.5 Å². The zero-order valence-corrected chi connectivity index (χ0v) is 20.0. The Morgan fingerprint density at radius 3 is 2.66 bits per heavy atom. The molecule has 4 rings (SSSR count). The summed E-state index contributed by atoms with van der Waals surface area (Å²) in [4.78, 5) is 15.8. The van der Waals surface area contributed by atoms with Gasteiger partial charge in [-0.05, 0) is 36.4 Å². The Balaban J connectivity index is 1.21. The number of nitrogens with zero attached hydrogens (tertiary/aromatic N) is 3. The predicted octanol–water partition coefficient (Wildman–Crippen LogP) is 1.02. The van der Waals surface area contributed by atoms with E-state index in [2.05, 4.69) is 20.8 Å². The molecule has 1 amide bonds. The maximum atomic E-state index is 11.3. The van der Waals surface area contributed by atoms with Gasteiger partial charge in [-0.3, -0.25) is 4.79 Å². The highest BCUT2D eigenvalue weighted by atomic mass is 32.2. The van der Waals surface area contributed by atoms with Crippen LogP contribution in [0.25, 0.3) is 11.0 Å². The molecule has 12 heteroatoms. The van der Waals surface area contributed by atoms with E-state index in [4.69, 9.17) is 8.92 Å². The van der Waals surface area contributed by atoms with E-state index in [0.717, 1.165) is 28.6 Å². The second-order valence-electron chi connectivity index (χ2n) is 8.16. The number of hydrogen-bond donors (Lipinski definition) is 3. The lowest BCUT2D eigenvalue weighted by molar-refractivity contribution is -0.121. The molecule has 0 aliphatic carbocycles. The SMILES string of the molecule is CS(=O)(=O)Oc1ccc(OCC(O)CNCCn2cnc3cc(C4=NNC(=O)CC4)ccc32)cc1. The molecule has 186 valence electrons. The summed E-state index contributed by atoms with van der Waals surface area (Å²) in [6.45, 7) is 1.72. The van der Waals surface area contributed by atoms with Crippen molar-refractivity contribution in [2.75, 3.05) is 26.0 Å². The number of amides is 1. The molecule has 0 fully saturated rings. The fraction of sp³-hybridized carbons (Fsp3) is 0.348. The molecule has 11 nitrogen and oxygen atoms in total. The zero-order chi connectivity index (χ0) is 24.8. The number of hydrogen-bond acceptors (Lipinski definition) is 9. The molecule has 0 saturated heterocycles. The Hall–Kier alpha value is -3.48. The zero-order valence-electron chi connectivity index (χ0n) is 19.2. The number of aliphatic hydroxyl groups is 1. The van der Waals surface area contributed by atoms with Gasteiger partial charge in [0.1, 0.15) is 24.2 Å². The summed E-state index contributed by atoms with van der Waals surface area (Å²) in [5, 5.41) is 17.5. The lowest BCUT2D eigenvalue weighted by Crippen LogP contribution is -2.33. The van der Waals surface area contributed by atoms with Gasteiger partial charge in [-0.2, -0.15) is 13.5 Å². The summed E-state index contributed by atoms with van der Waals surface area (Å²) >= 11 is 0. The smallest absolute Gasteiger partial charge is 0.306 e. The van der Waals surface area contributed by atoms with Crippen molar-refractivity contribution in [3.05, 3.63) is 54.4 Å². The second kappa shape index (κ2) is 10.8. The summed E-state index contributed by atoms with van der Waals surface area (Å²) in [6, 6.07) is 12.1. The van der Waals surface area contributed by atoms with Crippen molar-refractivity contribution in [2.45, 2.75) is 25.5 Å². The predicted molar refractivity (Wildman–Crippen MR) is 130 cm³/mol. The van der Waals surface area contributed by atoms with Crippen molar-refractivity contribution in [1.82, 2.24) is 20.3 Å². The molecular weight excluding hydrogens is 474 g/mol. The van der Waals surface area contributed by atoms with Gasteiger partial charge < -0.3 is 23.9 Å². The van der Waals surface area contributed by atoms with E-state index in [1.54, 1.807) is 18.5 Å². The first-order valence-corrected chi connectivity index (χ1v) is 12.9. The first kappa shape index (κ1) is 24.6. The first-order chi connectivity index (χ1) is 16.8. The standard InChI is InChI=1S/C23H27N5O6S/c1-35(31,32)34-19-5-3-18(4-6-19)33-14-17(29)13-24-10-11-28-15-25-21-12-16(2-8-22(21)28)20-7-9-23(30)27-26-20/h2-6,8,12,15,17,24,29H,7,9-11,13-14H2,1H3,(H,27,30). The molecule has 3 N–H and O–H groups in total. The Morgan fingerprint density at radius 2 is 1.94 bits per heavy atom. The van der Waals surface area contributed by atoms with Gasteiger partial charge in [-0.1, -0.05) is 6.07 Å². The van der Waals surface area contributed by atoms with Gasteiger partial charge in [0.2, 0.25) is 5.91 Å². The van der Waals surface area contributed by atoms with Crippen molar-refractivity contribution in [3.63, 3.8) is 0 Å². The Bertz CT molecular complexity index is 1320. The monoisotopic (exact) mass is 501 g/mol. The van der Waals surface area contributed by atoms with Crippen LogP contribution < -0.4 is 19.7 Å². The van der Waals surface area contributed by atoms with Crippen molar-refractivity contribution < 1.29 is 27.2 Å². The first-order valence-electron chi connectivity index (χ1n) is 11.1. The summed E-state index contributed by atoms with van der Waals surface area (Å²) < 4.78 is 34.6. The van der Waals surface area contributed by atoms with E-state index in [1.807, 2.05) is 22.8 Å². The van der Waals surface area contributed by atoms with Crippen LogP contribution in [0.15, 0.2) is 53.9 Å². The topological polar surface area (TPSA) is 144 Å². The fourth-order valence-corrected chi connectivity index (χ4v) is 4.05. The summed E-state index contributed by atoms with van der Waals surface area (Å²) in [5.41, 5.74) is 6.15. The molecule has 1 atom stereocenters. The summed E-state index contributed by atoms with van der Waals surface area (Å²) in [7, 11) is -3.58. The van der Waals surface area contributed by atoms with Crippen LogP contribution in [-0.2, 0) is 21.5 Å². The maximum Gasteiger partial charge on any atom is 0.306 e. The van der Waals surface area contributed by atoms with Crippen molar-refractivity contribution in [2.24, 2.45) is 5.10 Å². The largest absolute Gasteiger partial charge is 0.491 e. The average molecular weight is 502 g/mol. The van der Waals surface area contributed by atoms with E-state index >= 15 is 0 Å². The van der Waals surface area contributed by atoms with Crippen molar-refractivity contribution >= 4 is 32.8 Å². The number of aliphatic hydroxyl groups excluding tert-OH is 1. The minimum absolute atomic E-state index is 0.0704. The van der Waals surface area contributed by atoms with Gasteiger partial charge >= 0.3 is 10.1 Å². The third kappa shape index (κ3) is 7.01. The van der Waals surface area contributed by atoms with Crippen molar-refractivity contribution in [1.29, 1.82) is 0 Å². The van der Waals surface area contributed by atoms with Crippen LogP contribution in [0.1, 0.15) is 18.4 Å². The van der Waals surface area contributed by atoms with Gasteiger partial charge in [0.25, 0.3) is 0 Å². The van der Waals surface area contributed by atoms with Crippen LogP contribution in [0.2, 0.25) is 0 Å². The number of benzene rings is 2. The lowest BCUT2D eigenvalue weighted by atomic mass is 10.0. The van der Waals surface area contributed by atoms with Gasteiger partial charge in [-0.25, -0.2) is 10.4 Å². The Labute approximate surface area is 202 Å². The van der Waals surface area contributed by atoms with E-state index < -0.39 is 16.2 Å². The molecule has 1 aromatic heterocycles. The third-order valence-electron chi connectivity index (χ3n) is 5.28. The number of fused-ring (bicyclic) bond motifs is 1. The van der Waals surface area contributed by atoms with Gasteiger partial charge in [0.15, 0.2) is 0 Å². The lowest BCUT2D eigenvalue weighted by Gasteiger charge is -2.14. The second-order valence-corrected chi connectivity index (χ2v) is 9.74. The molecular formula is C23H27N5O6S. The van der Waals surface area contributed by atoms with Gasteiger partial charge in [0.05, 0.1) is 29.3 Å². The van der Waals surface area contributed by atoms with E-state index in [9.17, 15) is 18.3 Å². The Kier molecular flexibility index (Phi) is 7.63. The van der Waals surface area contributed by atoms with Crippen LogP contribution in [0.3, 0.4) is 0 Å². The molecule has 2 aromatic carbocycles. The minimum Gasteiger partial charge on any atom is -0.491 e. The molecule has 0 bridgehead atoms. The normalized spacial score (nSPS) is 14.9. The third-order valence-corrected chi connectivity index (χ3v) is 5.78. The number of carbonyl (C=O) groups excluding carboxylic acids is 1. The number of ether oxygens (including phenoxy) is 1. The molecule has 0 saturated carbocycles. The number of carbonyl (C=O) groups is 1. The van der Waals surface area contributed by atoms with E-state index in [0.29, 0.717) is 38.2 Å². The highest BCUT2D eigenvalue weighted by molar-refractivity contribution is 7.86. The van der Waals surface area contributed by atoms with Crippen LogP contribution >= 0.6 is 0 Å². The average Bonchev–Trinajstić information content (AvgIpc) is 3.23.